The molecule has 0 bridgehead atoms. The molecule has 0 saturated heterocycles. The van der Waals surface area contributed by atoms with Gasteiger partial charge in [0.1, 0.15) is 5.58 Å². The van der Waals surface area contributed by atoms with Crippen molar-refractivity contribution in [1.82, 2.24) is 0 Å². The summed E-state index contributed by atoms with van der Waals surface area (Å²) in [6.45, 7) is 0. The van der Waals surface area contributed by atoms with Crippen LogP contribution in [0.25, 0.3) is 110 Å². The van der Waals surface area contributed by atoms with Crippen molar-refractivity contribution >= 4 is 71.3 Å². The fourth-order valence-electron chi connectivity index (χ4n) is 10.1. The van der Waals surface area contributed by atoms with Gasteiger partial charge in [0.2, 0.25) is 0 Å². The number of hydrogen-bond donors (Lipinski definition) is 0. The summed E-state index contributed by atoms with van der Waals surface area (Å²) in [7, 11) is 0. The number of furan rings is 1. The molecule has 0 spiro atoms. The van der Waals surface area contributed by atoms with E-state index in [0.717, 1.165) is 66.6 Å². The Morgan fingerprint density at radius 2 is 0.662 bits per heavy atom. The van der Waals surface area contributed by atoms with Gasteiger partial charge in [-0.05, 0) is 131 Å². The highest BCUT2D eigenvalue weighted by Crippen LogP contribution is 2.48. The van der Waals surface area contributed by atoms with Crippen molar-refractivity contribution in [2.45, 2.75) is 0 Å². The average Bonchev–Trinajstić information content (AvgIpc) is 3.82. The SMILES string of the molecule is c1ccc(-c2ccc(-c3ccc(N(c4ccc(-c5ccc6cc(-c7ccc8ccccc8c7)ccc6c5)cc4)c4cc5ccccc5c5c4oc4c(-c6ccccc6)cccc45)cc3)cc2)cc1. The van der Waals surface area contributed by atoms with Gasteiger partial charge >= 0.3 is 0 Å². The Hall–Kier alpha value is -8.98. The van der Waals surface area contributed by atoms with Crippen molar-refractivity contribution in [2.24, 2.45) is 0 Å². The Bertz CT molecular complexity index is 3980. The van der Waals surface area contributed by atoms with Crippen LogP contribution in [0.3, 0.4) is 0 Å². The summed E-state index contributed by atoms with van der Waals surface area (Å²) in [5.41, 5.74) is 16.5. The Kier molecular flexibility index (Phi) is 9.54. The van der Waals surface area contributed by atoms with Crippen LogP contribution in [0.1, 0.15) is 0 Å². The van der Waals surface area contributed by atoms with Gasteiger partial charge in [-0.3, -0.25) is 0 Å². The van der Waals surface area contributed by atoms with Gasteiger partial charge < -0.3 is 9.32 Å². The molecule has 12 aromatic carbocycles. The smallest absolute Gasteiger partial charge is 0.160 e. The lowest BCUT2D eigenvalue weighted by atomic mass is 9.96. The van der Waals surface area contributed by atoms with Crippen LogP contribution >= 0.6 is 0 Å². The molecule has 0 saturated carbocycles. The monoisotopic (exact) mass is 865 g/mol. The van der Waals surface area contributed by atoms with Crippen LogP contribution in [-0.4, -0.2) is 0 Å². The van der Waals surface area contributed by atoms with E-state index in [4.69, 9.17) is 4.42 Å². The summed E-state index contributed by atoms with van der Waals surface area (Å²) < 4.78 is 7.19. The Morgan fingerprint density at radius 3 is 1.26 bits per heavy atom. The molecule has 0 unspecified atom stereocenters. The third-order valence-corrected chi connectivity index (χ3v) is 13.6. The minimum absolute atomic E-state index is 0.851. The van der Waals surface area contributed by atoms with Gasteiger partial charge in [0.25, 0.3) is 0 Å². The molecular formula is C66H43NO. The zero-order valence-corrected chi connectivity index (χ0v) is 37.2. The van der Waals surface area contributed by atoms with E-state index in [9.17, 15) is 0 Å². The first kappa shape index (κ1) is 39.4. The number of hydrogen-bond acceptors (Lipinski definition) is 2. The lowest BCUT2D eigenvalue weighted by Gasteiger charge is -2.26. The zero-order chi connectivity index (χ0) is 45.0. The first-order chi connectivity index (χ1) is 33.7. The van der Waals surface area contributed by atoms with E-state index in [2.05, 4.69) is 266 Å². The van der Waals surface area contributed by atoms with Crippen LogP contribution in [0.15, 0.2) is 265 Å². The van der Waals surface area contributed by atoms with Crippen LogP contribution in [0.2, 0.25) is 0 Å². The van der Waals surface area contributed by atoms with E-state index in [1.807, 2.05) is 0 Å². The van der Waals surface area contributed by atoms with E-state index in [1.165, 1.54) is 60.3 Å². The molecule has 2 heteroatoms. The van der Waals surface area contributed by atoms with Crippen molar-refractivity contribution in [3.63, 3.8) is 0 Å². The van der Waals surface area contributed by atoms with Crippen LogP contribution < -0.4 is 4.90 Å². The Morgan fingerprint density at radius 1 is 0.250 bits per heavy atom. The molecule has 0 aliphatic carbocycles. The van der Waals surface area contributed by atoms with Gasteiger partial charge in [-0.25, -0.2) is 0 Å². The molecule has 0 aliphatic rings. The molecule has 0 radical (unpaired) electrons. The minimum atomic E-state index is 0.851. The van der Waals surface area contributed by atoms with E-state index in [-0.39, 0.29) is 0 Å². The molecule has 1 aromatic heterocycles. The molecule has 13 rings (SSSR count). The Balaban J connectivity index is 0.921. The van der Waals surface area contributed by atoms with Crippen LogP contribution in [0.5, 0.6) is 0 Å². The fourth-order valence-corrected chi connectivity index (χ4v) is 10.1. The average molecular weight is 866 g/mol. The lowest BCUT2D eigenvalue weighted by Crippen LogP contribution is -2.10. The van der Waals surface area contributed by atoms with Crippen molar-refractivity contribution in [2.75, 3.05) is 4.90 Å². The molecule has 0 fully saturated rings. The summed E-state index contributed by atoms with van der Waals surface area (Å²) in [4.78, 5) is 2.36. The first-order valence-electron chi connectivity index (χ1n) is 23.3. The molecule has 318 valence electrons. The third kappa shape index (κ3) is 6.99. The first-order valence-corrected chi connectivity index (χ1v) is 23.3. The maximum absolute atomic E-state index is 7.19. The molecular weight excluding hydrogens is 823 g/mol. The normalized spacial score (nSPS) is 11.5. The van der Waals surface area contributed by atoms with E-state index in [1.54, 1.807) is 0 Å². The molecule has 0 N–H and O–H groups in total. The van der Waals surface area contributed by atoms with Crippen LogP contribution in [-0.2, 0) is 0 Å². The largest absolute Gasteiger partial charge is 0.453 e. The predicted molar refractivity (Wildman–Crippen MR) is 288 cm³/mol. The highest BCUT2D eigenvalue weighted by molar-refractivity contribution is 6.24. The summed E-state index contributed by atoms with van der Waals surface area (Å²) in [5, 5.41) is 9.48. The van der Waals surface area contributed by atoms with E-state index < -0.39 is 0 Å². The number of rotatable bonds is 8. The summed E-state index contributed by atoms with van der Waals surface area (Å²) in [6.07, 6.45) is 0. The molecule has 2 nitrogen and oxygen atoms in total. The quantitative estimate of drug-likeness (QED) is 0.151. The highest BCUT2D eigenvalue weighted by Gasteiger charge is 2.23. The summed E-state index contributed by atoms with van der Waals surface area (Å²) in [6, 6.07) is 94.3. The second kappa shape index (κ2) is 16.5. The topological polar surface area (TPSA) is 16.4 Å². The fraction of sp³-hybridized carbons (Fsp3) is 0. The van der Waals surface area contributed by atoms with Gasteiger partial charge in [0.15, 0.2) is 5.58 Å². The number of benzene rings is 12. The summed E-state index contributed by atoms with van der Waals surface area (Å²) in [5.74, 6) is 0. The molecule has 0 aliphatic heterocycles. The van der Waals surface area contributed by atoms with Crippen LogP contribution in [0.4, 0.5) is 17.1 Å². The van der Waals surface area contributed by atoms with Gasteiger partial charge in [-0.15, -0.1) is 0 Å². The minimum Gasteiger partial charge on any atom is -0.453 e. The zero-order valence-electron chi connectivity index (χ0n) is 37.2. The van der Waals surface area contributed by atoms with Crippen molar-refractivity contribution in [3.8, 4) is 55.6 Å². The number of anilines is 3. The van der Waals surface area contributed by atoms with Crippen molar-refractivity contribution in [1.29, 1.82) is 0 Å². The Labute approximate surface area is 395 Å². The molecule has 68 heavy (non-hydrogen) atoms. The second-order valence-corrected chi connectivity index (χ2v) is 17.7. The predicted octanol–water partition coefficient (Wildman–Crippen LogP) is 18.9. The molecule has 0 atom stereocenters. The maximum atomic E-state index is 7.19. The van der Waals surface area contributed by atoms with E-state index >= 15 is 0 Å². The standard InChI is InChI=1S/C66H43NO/c1-3-12-44(13-4-1)46-22-24-47(25-23-46)48-32-36-58(37-33-48)67(63-43-57-18-9-10-19-60(57)64-62-21-11-20-61(65(62)68-66(63)64)50-15-5-2-6-16-50)59-38-34-49(35-39-59)52-28-29-55-42-56(31-30-54(55)41-52)53-27-26-45-14-7-8-17-51(45)40-53/h1-43H. The van der Waals surface area contributed by atoms with Crippen molar-refractivity contribution in [3.05, 3.63) is 261 Å². The highest BCUT2D eigenvalue weighted by atomic mass is 16.3. The van der Waals surface area contributed by atoms with Gasteiger partial charge in [0.05, 0.1) is 5.69 Å². The van der Waals surface area contributed by atoms with Crippen molar-refractivity contribution < 1.29 is 4.42 Å². The van der Waals surface area contributed by atoms with Crippen LogP contribution in [0, 0.1) is 0 Å². The lowest BCUT2D eigenvalue weighted by molar-refractivity contribution is 0.670. The number of fused-ring (bicyclic) bond motifs is 7. The number of para-hydroxylation sites is 1. The second-order valence-electron chi connectivity index (χ2n) is 17.7. The van der Waals surface area contributed by atoms with Gasteiger partial charge in [-0.1, -0.05) is 212 Å². The third-order valence-electron chi connectivity index (χ3n) is 13.6. The van der Waals surface area contributed by atoms with E-state index in [0.29, 0.717) is 0 Å². The molecule has 0 amide bonds. The molecule has 13 aromatic rings. The summed E-state index contributed by atoms with van der Waals surface area (Å²) >= 11 is 0. The van der Waals surface area contributed by atoms with Gasteiger partial charge in [-0.2, -0.15) is 0 Å². The maximum Gasteiger partial charge on any atom is 0.160 e. The van der Waals surface area contributed by atoms with Gasteiger partial charge in [0, 0.05) is 27.7 Å². The number of nitrogens with zero attached hydrogens (tertiary/aromatic N) is 1. The molecule has 1 heterocycles.